The van der Waals surface area contributed by atoms with Crippen molar-refractivity contribution in [3.63, 3.8) is 0 Å². The lowest BCUT2D eigenvalue weighted by Crippen LogP contribution is -2.23. The van der Waals surface area contributed by atoms with E-state index in [2.05, 4.69) is 31.3 Å². The van der Waals surface area contributed by atoms with E-state index in [1.165, 1.54) is 0 Å². The molecular weight excluding hydrogens is 238 g/mol. The quantitative estimate of drug-likeness (QED) is 0.821. The molecular formula is C16H23NO2. The van der Waals surface area contributed by atoms with Crippen LogP contribution in [0, 0.1) is 0 Å². The number of likely N-dealkylation sites (N-methyl/N-ethyl adjacent to an activating group) is 1. The van der Waals surface area contributed by atoms with Crippen LogP contribution < -0.4 is 5.32 Å². The minimum absolute atomic E-state index is 0.103. The molecule has 3 nitrogen and oxygen atoms in total. The molecule has 1 aromatic heterocycles. The summed E-state index contributed by atoms with van der Waals surface area (Å²) in [5.74, 6) is 0.937. The van der Waals surface area contributed by atoms with Crippen LogP contribution in [0.2, 0.25) is 0 Å². The Balaban J connectivity index is 2.04. The van der Waals surface area contributed by atoms with Crippen LogP contribution in [-0.4, -0.2) is 19.8 Å². The first-order chi connectivity index (χ1) is 9.24. The molecule has 2 aromatic rings. The van der Waals surface area contributed by atoms with E-state index in [1.807, 2.05) is 25.2 Å². The van der Waals surface area contributed by atoms with Gasteiger partial charge in [0.2, 0.25) is 0 Å². The Hall–Kier alpha value is -1.32. The summed E-state index contributed by atoms with van der Waals surface area (Å²) in [6.07, 6.45) is 2.54. The number of nitrogens with one attached hydrogen (secondary N) is 1. The highest BCUT2D eigenvalue weighted by Crippen LogP contribution is 2.24. The maximum atomic E-state index is 5.87. The van der Waals surface area contributed by atoms with Crippen LogP contribution in [0.5, 0.6) is 0 Å². The number of para-hydroxylation sites is 1. The molecule has 0 spiro atoms. The SMILES string of the molecule is CCCC(C)OCC(NC)c1cc2ccccc2o1. The van der Waals surface area contributed by atoms with Gasteiger partial charge < -0.3 is 14.5 Å². The molecule has 0 saturated carbocycles. The molecule has 2 unspecified atom stereocenters. The van der Waals surface area contributed by atoms with Gasteiger partial charge in [0.25, 0.3) is 0 Å². The molecule has 1 aromatic carbocycles. The Bertz CT molecular complexity index is 473. The molecule has 1 N–H and O–H groups in total. The normalized spacial score (nSPS) is 14.7. The second kappa shape index (κ2) is 6.73. The second-order valence-electron chi connectivity index (χ2n) is 4.96. The summed E-state index contributed by atoms with van der Waals surface area (Å²) in [5.41, 5.74) is 0.930. The van der Waals surface area contributed by atoms with Crippen molar-refractivity contribution in [2.24, 2.45) is 0 Å². The highest BCUT2D eigenvalue weighted by atomic mass is 16.5. The van der Waals surface area contributed by atoms with E-state index >= 15 is 0 Å². The van der Waals surface area contributed by atoms with Crippen molar-refractivity contribution < 1.29 is 9.15 Å². The summed E-state index contributed by atoms with van der Waals surface area (Å²) in [4.78, 5) is 0. The van der Waals surface area contributed by atoms with Crippen molar-refractivity contribution in [1.82, 2.24) is 5.32 Å². The van der Waals surface area contributed by atoms with Crippen molar-refractivity contribution in [3.8, 4) is 0 Å². The molecule has 0 amide bonds. The molecule has 3 heteroatoms. The van der Waals surface area contributed by atoms with E-state index in [4.69, 9.17) is 9.15 Å². The first kappa shape index (κ1) is 14.1. The maximum absolute atomic E-state index is 5.87. The fourth-order valence-corrected chi connectivity index (χ4v) is 2.23. The lowest BCUT2D eigenvalue weighted by Gasteiger charge is -2.17. The molecule has 0 aliphatic heterocycles. The topological polar surface area (TPSA) is 34.4 Å². The van der Waals surface area contributed by atoms with Crippen LogP contribution in [0.25, 0.3) is 11.0 Å². The van der Waals surface area contributed by atoms with E-state index in [9.17, 15) is 0 Å². The van der Waals surface area contributed by atoms with Gasteiger partial charge in [0.05, 0.1) is 18.8 Å². The minimum Gasteiger partial charge on any atom is -0.459 e. The van der Waals surface area contributed by atoms with E-state index < -0.39 is 0 Å². The third-order valence-electron chi connectivity index (χ3n) is 3.38. The molecule has 104 valence electrons. The van der Waals surface area contributed by atoms with Crippen molar-refractivity contribution in [1.29, 1.82) is 0 Å². The van der Waals surface area contributed by atoms with Gasteiger partial charge in [0.1, 0.15) is 11.3 Å². The minimum atomic E-state index is 0.103. The van der Waals surface area contributed by atoms with E-state index in [1.54, 1.807) is 0 Å². The van der Waals surface area contributed by atoms with Crippen molar-refractivity contribution in [2.75, 3.05) is 13.7 Å². The molecule has 0 fully saturated rings. The monoisotopic (exact) mass is 261 g/mol. The molecule has 0 bridgehead atoms. The number of fused-ring (bicyclic) bond motifs is 1. The van der Waals surface area contributed by atoms with Gasteiger partial charge in [0, 0.05) is 5.39 Å². The Labute approximate surface area is 114 Å². The number of ether oxygens (including phenoxy) is 1. The smallest absolute Gasteiger partial charge is 0.134 e. The van der Waals surface area contributed by atoms with Crippen LogP contribution in [0.15, 0.2) is 34.7 Å². The lowest BCUT2D eigenvalue weighted by molar-refractivity contribution is 0.0419. The van der Waals surface area contributed by atoms with Crippen LogP contribution in [0.1, 0.15) is 38.5 Å². The summed E-state index contributed by atoms with van der Waals surface area (Å²) in [6.45, 7) is 4.93. The Morgan fingerprint density at radius 2 is 2.11 bits per heavy atom. The summed E-state index contributed by atoms with van der Waals surface area (Å²) >= 11 is 0. The molecule has 2 atom stereocenters. The number of hydrogen-bond donors (Lipinski definition) is 1. The summed E-state index contributed by atoms with van der Waals surface area (Å²) < 4.78 is 11.7. The highest BCUT2D eigenvalue weighted by Gasteiger charge is 2.15. The largest absolute Gasteiger partial charge is 0.459 e. The highest BCUT2D eigenvalue weighted by molar-refractivity contribution is 5.77. The standard InChI is InChI=1S/C16H23NO2/c1-4-7-12(2)18-11-14(17-3)16-10-13-8-5-6-9-15(13)19-16/h5-6,8-10,12,14,17H,4,7,11H2,1-3H3. The maximum Gasteiger partial charge on any atom is 0.134 e. The predicted octanol–water partition coefficient (Wildman–Crippen LogP) is 3.90. The van der Waals surface area contributed by atoms with Gasteiger partial charge in [-0.25, -0.2) is 0 Å². The predicted molar refractivity (Wildman–Crippen MR) is 78.3 cm³/mol. The number of furan rings is 1. The first-order valence-corrected chi connectivity index (χ1v) is 7.02. The van der Waals surface area contributed by atoms with Crippen LogP contribution in [0.4, 0.5) is 0 Å². The van der Waals surface area contributed by atoms with Gasteiger partial charge in [-0.15, -0.1) is 0 Å². The number of rotatable bonds is 7. The summed E-state index contributed by atoms with van der Waals surface area (Å²) in [5, 5.41) is 4.40. The van der Waals surface area contributed by atoms with Crippen LogP contribution in [-0.2, 0) is 4.74 Å². The third kappa shape index (κ3) is 3.58. The fraction of sp³-hybridized carbons (Fsp3) is 0.500. The Morgan fingerprint density at radius 3 is 2.79 bits per heavy atom. The molecule has 19 heavy (non-hydrogen) atoms. The zero-order chi connectivity index (χ0) is 13.7. The zero-order valence-corrected chi connectivity index (χ0v) is 12.0. The van der Waals surface area contributed by atoms with E-state index in [0.29, 0.717) is 12.7 Å². The van der Waals surface area contributed by atoms with Crippen molar-refractivity contribution in [3.05, 3.63) is 36.1 Å². The lowest BCUT2D eigenvalue weighted by atomic mass is 10.2. The van der Waals surface area contributed by atoms with E-state index in [-0.39, 0.29) is 6.04 Å². The Morgan fingerprint density at radius 1 is 1.32 bits per heavy atom. The average molecular weight is 261 g/mol. The van der Waals surface area contributed by atoms with Gasteiger partial charge in [-0.1, -0.05) is 31.5 Å². The number of benzene rings is 1. The third-order valence-corrected chi connectivity index (χ3v) is 3.38. The first-order valence-electron chi connectivity index (χ1n) is 7.02. The number of hydrogen-bond acceptors (Lipinski definition) is 3. The van der Waals surface area contributed by atoms with Gasteiger partial charge in [0.15, 0.2) is 0 Å². The van der Waals surface area contributed by atoms with E-state index in [0.717, 1.165) is 29.6 Å². The zero-order valence-electron chi connectivity index (χ0n) is 12.0. The molecule has 0 radical (unpaired) electrons. The van der Waals surface area contributed by atoms with Crippen molar-refractivity contribution in [2.45, 2.75) is 38.8 Å². The molecule has 0 aliphatic carbocycles. The van der Waals surface area contributed by atoms with Gasteiger partial charge in [-0.3, -0.25) is 0 Å². The average Bonchev–Trinajstić information content (AvgIpc) is 2.83. The van der Waals surface area contributed by atoms with Gasteiger partial charge >= 0.3 is 0 Å². The van der Waals surface area contributed by atoms with Crippen molar-refractivity contribution >= 4 is 11.0 Å². The summed E-state index contributed by atoms with van der Waals surface area (Å²) in [7, 11) is 1.94. The second-order valence-corrected chi connectivity index (χ2v) is 4.96. The van der Waals surface area contributed by atoms with Crippen LogP contribution >= 0.6 is 0 Å². The fourth-order valence-electron chi connectivity index (χ4n) is 2.23. The summed E-state index contributed by atoms with van der Waals surface area (Å²) in [6, 6.07) is 10.3. The molecule has 0 saturated heterocycles. The Kier molecular flexibility index (Phi) is 5.00. The van der Waals surface area contributed by atoms with Gasteiger partial charge in [-0.2, -0.15) is 0 Å². The van der Waals surface area contributed by atoms with Gasteiger partial charge in [-0.05, 0) is 32.5 Å². The molecule has 0 aliphatic rings. The van der Waals surface area contributed by atoms with Crippen LogP contribution in [0.3, 0.4) is 0 Å². The molecule has 1 heterocycles. The molecule has 2 rings (SSSR count).